The molecule has 1 rings (SSSR count). The number of H-pyrrole nitrogens is 1. The summed E-state index contributed by atoms with van der Waals surface area (Å²) in [6.07, 6.45) is 1.38. The van der Waals surface area contributed by atoms with Crippen LogP contribution in [0.25, 0.3) is 0 Å². The summed E-state index contributed by atoms with van der Waals surface area (Å²) in [7, 11) is 3.80. The van der Waals surface area contributed by atoms with E-state index in [1.165, 1.54) is 4.57 Å². The molecule has 0 saturated heterocycles. The first-order chi connectivity index (χ1) is 8.38. The highest BCUT2D eigenvalue weighted by atomic mass is 35.5. The van der Waals surface area contributed by atoms with Gasteiger partial charge in [0.25, 0.3) is 5.56 Å². The van der Waals surface area contributed by atoms with Crippen molar-refractivity contribution in [1.29, 1.82) is 0 Å². The van der Waals surface area contributed by atoms with Crippen molar-refractivity contribution in [3.05, 3.63) is 31.6 Å². The van der Waals surface area contributed by atoms with Gasteiger partial charge in [0.1, 0.15) is 5.15 Å². The largest absolute Gasteiger partial charge is 0.329 e. The van der Waals surface area contributed by atoms with E-state index < -0.39 is 5.69 Å². The third-order valence-electron chi connectivity index (χ3n) is 2.75. The Balaban J connectivity index is 3.31. The first kappa shape index (κ1) is 15.0. The number of nitrogens with one attached hydrogen (secondary N) is 1. The van der Waals surface area contributed by atoms with E-state index in [4.69, 9.17) is 11.6 Å². The van der Waals surface area contributed by atoms with Gasteiger partial charge in [-0.2, -0.15) is 0 Å². The second-order valence-electron chi connectivity index (χ2n) is 4.76. The summed E-state index contributed by atoms with van der Waals surface area (Å²) in [5.74, 6) is 0. The van der Waals surface area contributed by atoms with Crippen LogP contribution in [-0.4, -0.2) is 35.1 Å². The highest BCUT2D eigenvalue weighted by Crippen LogP contribution is 2.09. The molecule has 5 nitrogen and oxygen atoms in total. The minimum absolute atomic E-state index is 0.167. The van der Waals surface area contributed by atoms with Crippen LogP contribution in [0.4, 0.5) is 0 Å². The number of rotatable bonds is 5. The summed E-state index contributed by atoms with van der Waals surface area (Å²) in [6, 6.07) is -0.191. The number of aromatic amines is 1. The standard InChI is InChI=1S/C12H20ClN3O2/c1-5-6-9-10(13)14-12(18)16(11(9)17)8(2)7-15(3)4/h8H,5-7H2,1-4H3,(H,14,18). The van der Waals surface area contributed by atoms with Crippen LogP contribution in [0.1, 0.15) is 31.9 Å². The van der Waals surface area contributed by atoms with Gasteiger partial charge in [-0.15, -0.1) is 0 Å². The highest BCUT2D eigenvalue weighted by molar-refractivity contribution is 6.30. The minimum Gasteiger partial charge on any atom is -0.307 e. The van der Waals surface area contributed by atoms with Gasteiger partial charge in [0.15, 0.2) is 0 Å². The van der Waals surface area contributed by atoms with E-state index >= 15 is 0 Å². The topological polar surface area (TPSA) is 58.1 Å². The monoisotopic (exact) mass is 273 g/mol. The number of aromatic nitrogens is 2. The van der Waals surface area contributed by atoms with E-state index in [-0.39, 0.29) is 16.8 Å². The third-order valence-corrected chi connectivity index (χ3v) is 3.07. The van der Waals surface area contributed by atoms with Crippen LogP contribution in [0.2, 0.25) is 5.15 Å². The molecule has 0 aliphatic rings. The molecule has 1 heterocycles. The predicted octanol–water partition coefficient (Wildman–Crippen LogP) is 1.27. The minimum atomic E-state index is -0.445. The molecule has 0 aromatic carbocycles. The average molecular weight is 274 g/mol. The van der Waals surface area contributed by atoms with Crippen LogP contribution in [-0.2, 0) is 6.42 Å². The third kappa shape index (κ3) is 3.23. The smallest absolute Gasteiger partial charge is 0.307 e. The Morgan fingerprint density at radius 1 is 1.39 bits per heavy atom. The van der Waals surface area contributed by atoms with Gasteiger partial charge in [0, 0.05) is 6.54 Å². The van der Waals surface area contributed by atoms with E-state index in [0.29, 0.717) is 18.5 Å². The number of hydrogen-bond acceptors (Lipinski definition) is 3. The van der Waals surface area contributed by atoms with Crippen molar-refractivity contribution in [1.82, 2.24) is 14.5 Å². The Morgan fingerprint density at radius 3 is 2.50 bits per heavy atom. The Labute approximate surface area is 111 Å². The molecule has 0 amide bonds. The molecule has 1 aromatic heterocycles. The molecule has 102 valence electrons. The molecule has 0 aliphatic heterocycles. The molecular weight excluding hydrogens is 254 g/mol. The fourth-order valence-electron chi connectivity index (χ4n) is 2.04. The molecule has 0 saturated carbocycles. The summed E-state index contributed by atoms with van der Waals surface area (Å²) < 4.78 is 1.25. The predicted molar refractivity (Wildman–Crippen MR) is 73.6 cm³/mol. The summed E-state index contributed by atoms with van der Waals surface area (Å²) in [4.78, 5) is 28.6. The lowest BCUT2D eigenvalue weighted by atomic mass is 10.2. The van der Waals surface area contributed by atoms with Crippen molar-refractivity contribution in [3.63, 3.8) is 0 Å². The quantitative estimate of drug-likeness (QED) is 0.822. The summed E-state index contributed by atoms with van der Waals surface area (Å²) in [5.41, 5.74) is -0.233. The van der Waals surface area contributed by atoms with Gasteiger partial charge in [0.05, 0.1) is 11.6 Å². The first-order valence-corrected chi connectivity index (χ1v) is 6.44. The Bertz CT molecular complexity index is 519. The number of likely N-dealkylation sites (N-methyl/N-ethyl adjacent to an activating group) is 1. The lowest BCUT2D eigenvalue weighted by Crippen LogP contribution is -2.42. The molecule has 0 spiro atoms. The maximum atomic E-state index is 12.3. The van der Waals surface area contributed by atoms with Crippen LogP contribution in [0, 0.1) is 0 Å². The fourth-order valence-corrected chi connectivity index (χ4v) is 2.29. The van der Waals surface area contributed by atoms with Gasteiger partial charge in [0.2, 0.25) is 0 Å². The maximum absolute atomic E-state index is 12.3. The maximum Gasteiger partial charge on any atom is 0.329 e. The SMILES string of the molecule is CCCc1c(Cl)[nH]c(=O)n(C(C)CN(C)C)c1=O. The number of halogens is 1. The molecule has 18 heavy (non-hydrogen) atoms. The normalized spacial score (nSPS) is 13.0. The van der Waals surface area contributed by atoms with Gasteiger partial charge in [-0.1, -0.05) is 24.9 Å². The van der Waals surface area contributed by atoms with Gasteiger partial charge >= 0.3 is 5.69 Å². The molecule has 1 atom stereocenters. The zero-order valence-electron chi connectivity index (χ0n) is 11.3. The van der Waals surface area contributed by atoms with E-state index in [1.807, 2.05) is 32.8 Å². The molecular formula is C12H20ClN3O2. The zero-order chi connectivity index (χ0) is 13.9. The lowest BCUT2D eigenvalue weighted by molar-refractivity contribution is 0.326. The first-order valence-electron chi connectivity index (χ1n) is 6.06. The van der Waals surface area contributed by atoms with E-state index in [2.05, 4.69) is 4.98 Å². The molecule has 1 N–H and O–H groups in total. The van der Waals surface area contributed by atoms with Crippen molar-refractivity contribution in [2.45, 2.75) is 32.7 Å². The van der Waals surface area contributed by atoms with E-state index in [0.717, 1.165) is 6.42 Å². The van der Waals surface area contributed by atoms with Crippen LogP contribution < -0.4 is 11.2 Å². The van der Waals surface area contributed by atoms with Crippen LogP contribution in [0.15, 0.2) is 9.59 Å². The average Bonchev–Trinajstić information content (AvgIpc) is 2.22. The van der Waals surface area contributed by atoms with Gasteiger partial charge < -0.3 is 4.90 Å². The molecule has 1 unspecified atom stereocenters. The van der Waals surface area contributed by atoms with Crippen molar-refractivity contribution in [2.75, 3.05) is 20.6 Å². The van der Waals surface area contributed by atoms with Crippen LogP contribution in [0.5, 0.6) is 0 Å². The molecule has 0 fully saturated rings. The molecule has 0 aliphatic carbocycles. The number of hydrogen-bond donors (Lipinski definition) is 1. The Hall–Kier alpha value is -1.07. The molecule has 0 bridgehead atoms. The summed E-state index contributed by atoms with van der Waals surface area (Å²) in [5, 5.41) is 0.167. The molecule has 1 aromatic rings. The van der Waals surface area contributed by atoms with Crippen LogP contribution >= 0.6 is 11.6 Å². The molecule has 6 heteroatoms. The second-order valence-corrected chi connectivity index (χ2v) is 5.14. The summed E-state index contributed by atoms with van der Waals surface area (Å²) in [6.45, 7) is 4.44. The van der Waals surface area contributed by atoms with Crippen molar-refractivity contribution in [2.24, 2.45) is 0 Å². The van der Waals surface area contributed by atoms with Gasteiger partial charge in [-0.05, 0) is 27.4 Å². The molecule has 0 radical (unpaired) electrons. The second kappa shape index (κ2) is 6.20. The fraction of sp³-hybridized carbons (Fsp3) is 0.667. The van der Waals surface area contributed by atoms with Crippen LogP contribution in [0.3, 0.4) is 0 Å². The van der Waals surface area contributed by atoms with Gasteiger partial charge in [-0.3, -0.25) is 14.3 Å². The Morgan fingerprint density at radius 2 is 2.00 bits per heavy atom. The van der Waals surface area contributed by atoms with Crippen molar-refractivity contribution >= 4 is 11.6 Å². The Kier molecular flexibility index (Phi) is 5.16. The highest BCUT2D eigenvalue weighted by Gasteiger charge is 2.16. The van der Waals surface area contributed by atoms with E-state index in [9.17, 15) is 9.59 Å². The zero-order valence-corrected chi connectivity index (χ0v) is 12.0. The van der Waals surface area contributed by atoms with Gasteiger partial charge in [-0.25, -0.2) is 4.79 Å². The summed E-state index contributed by atoms with van der Waals surface area (Å²) >= 11 is 5.92. The lowest BCUT2D eigenvalue weighted by Gasteiger charge is -2.19. The van der Waals surface area contributed by atoms with Crippen molar-refractivity contribution < 1.29 is 0 Å². The van der Waals surface area contributed by atoms with Crippen molar-refractivity contribution in [3.8, 4) is 0 Å². The van der Waals surface area contributed by atoms with E-state index in [1.54, 1.807) is 0 Å². The number of nitrogens with zero attached hydrogens (tertiary/aromatic N) is 2.